The van der Waals surface area contributed by atoms with Gasteiger partial charge in [-0.3, -0.25) is 9.97 Å². The molecule has 1 saturated heterocycles. The fraction of sp³-hybridized carbons (Fsp3) is 0.400. The van der Waals surface area contributed by atoms with Crippen LogP contribution in [0.4, 0.5) is 11.5 Å². The number of hydrogen-bond donors (Lipinski definition) is 1. The lowest BCUT2D eigenvalue weighted by atomic mass is 9.90. The van der Waals surface area contributed by atoms with Gasteiger partial charge in [-0.2, -0.15) is 5.26 Å². The van der Waals surface area contributed by atoms with E-state index in [9.17, 15) is 5.26 Å². The van der Waals surface area contributed by atoms with Crippen molar-refractivity contribution >= 4 is 17.2 Å². The Kier molecular flexibility index (Phi) is 7.69. The molecule has 3 aromatic rings. The summed E-state index contributed by atoms with van der Waals surface area (Å²) in [5.41, 5.74) is 6.89. The Hall–Kier alpha value is -3.72. The quantitative estimate of drug-likeness (QED) is 0.388. The molecule has 0 aliphatic carbocycles. The van der Waals surface area contributed by atoms with Crippen LogP contribution in [0.15, 0.2) is 49.3 Å². The first kappa shape index (κ1) is 25.4. The predicted molar refractivity (Wildman–Crippen MR) is 148 cm³/mol. The van der Waals surface area contributed by atoms with Gasteiger partial charge >= 0.3 is 0 Å². The minimum Gasteiger partial charge on any atom is -0.357 e. The van der Waals surface area contributed by atoms with Crippen LogP contribution in [-0.2, 0) is 11.8 Å². The zero-order chi connectivity index (χ0) is 25.7. The van der Waals surface area contributed by atoms with Gasteiger partial charge in [0.1, 0.15) is 5.82 Å². The van der Waals surface area contributed by atoms with Crippen molar-refractivity contribution in [3.63, 3.8) is 0 Å². The van der Waals surface area contributed by atoms with Gasteiger partial charge in [0.15, 0.2) is 0 Å². The van der Waals surface area contributed by atoms with Crippen molar-refractivity contribution in [1.29, 1.82) is 5.26 Å². The molecular weight excluding hydrogens is 444 g/mol. The lowest BCUT2D eigenvalue weighted by molar-refractivity contribution is 0.572. The summed E-state index contributed by atoms with van der Waals surface area (Å²) >= 11 is 0. The summed E-state index contributed by atoms with van der Waals surface area (Å²) in [7, 11) is 0. The number of pyridine rings is 3. The normalized spacial score (nSPS) is 13.8. The van der Waals surface area contributed by atoms with Gasteiger partial charge in [0.25, 0.3) is 0 Å². The summed E-state index contributed by atoms with van der Waals surface area (Å²) in [6.07, 6.45) is 9.32. The second kappa shape index (κ2) is 10.9. The fourth-order valence-electron chi connectivity index (χ4n) is 4.55. The molecule has 6 nitrogen and oxygen atoms in total. The van der Waals surface area contributed by atoms with E-state index in [-0.39, 0.29) is 0 Å². The van der Waals surface area contributed by atoms with Gasteiger partial charge in [-0.05, 0) is 82.3 Å². The van der Waals surface area contributed by atoms with E-state index in [0.29, 0.717) is 0 Å². The number of piperidine rings is 1. The van der Waals surface area contributed by atoms with Crippen molar-refractivity contribution in [2.45, 2.75) is 65.2 Å². The molecule has 3 aromatic heterocycles. The monoisotopic (exact) mass is 480 g/mol. The fourth-order valence-corrected chi connectivity index (χ4v) is 4.55. The topological polar surface area (TPSA) is 77.7 Å². The standard InChI is InChI=1S/C30H36N6/c1-6-10-25-15-24(17-29(35-25)36-13-8-7-9-14-36)27-18-26(19-33-22(27)3)34-21(2)23-11-12-32-28(16-23)30(4,5)20-31/h11-12,15-19,34H,2,6-10,13-14H2,1,3-5H3. The molecule has 4 heterocycles. The van der Waals surface area contributed by atoms with Crippen molar-refractivity contribution in [2.75, 3.05) is 23.3 Å². The van der Waals surface area contributed by atoms with Gasteiger partial charge < -0.3 is 10.2 Å². The molecule has 0 unspecified atom stereocenters. The summed E-state index contributed by atoms with van der Waals surface area (Å²) in [6, 6.07) is 12.7. The summed E-state index contributed by atoms with van der Waals surface area (Å²) in [4.78, 5) is 16.5. The molecule has 4 rings (SSSR count). The van der Waals surface area contributed by atoms with E-state index in [1.807, 2.05) is 39.1 Å². The molecule has 1 aliphatic rings. The molecule has 0 radical (unpaired) electrons. The van der Waals surface area contributed by atoms with Crippen LogP contribution in [0.1, 0.15) is 69.1 Å². The Bertz CT molecular complexity index is 1280. The van der Waals surface area contributed by atoms with Crippen molar-refractivity contribution < 1.29 is 0 Å². The number of hydrogen-bond acceptors (Lipinski definition) is 6. The third kappa shape index (κ3) is 5.73. The van der Waals surface area contributed by atoms with E-state index in [2.05, 4.69) is 53.0 Å². The molecular formula is C30H36N6. The second-order valence-electron chi connectivity index (χ2n) is 10.1. The van der Waals surface area contributed by atoms with Crippen molar-refractivity contribution in [3.8, 4) is 17.2 Å². The van der Waals surface area contributed by atoms with E-state index >= 15 is 0 Å². The third-order valence-corrected chi connectivity index (χ3v) is 6.77. The van der Waals surface area contributed by atoms with Crippen LogP contribution in [0.5, 0.6) is 0 Å². The zero-order valence-electron chi connectivity index (χ0n) is 21.9. The highest BCUT2D eigenvalue weighted by Crippen LogP contribution is 2.31. The van der Waals surface area contributed by atoms with Gasteiger partial charge in [0.05, 0.1) is 29.1 Å². The van der Waals surface area contributed by atoms with E-state index in [1.54, 1.807) is 6.20 Å². The number of aryl methyl sites for hydroxylation is 2. The molecule has 6 heteroatoms. The first-order valence-corrected chi connectivity index (χ1v) is 12.9. The Labute approximate surface area is 215 Å². The van der Waals surface area contributed by atoms with E-state index in [4.69, 9.17) is 9.97 Å². The van der Waals surface area contributed by atoms with Crippen LogP contribution in [-0.4, -0.2) is 28.0 Å². The maximum absolute atomic E-state index is 9.49. The Morgan fingerprint density at radius 1 is 1.14 bits per heavy atom. The lowest BCUT2D eigenvalue weighted by Gasteiger charge is -2.28. The lowest BCUT2D eigenvalue weighted by Crippen LogP contribution is -2.30. The molecule has 0 atom stereocenters. The van der Waals surface area contributed by atoms with E-state index < -0.39 is 5.41 Å². The number of rotatable bonds is 8. The van der Waals surface area contributed by atoms with Gasteiger partial charge in [0.2, 0.25) is 0 Å². The van der Waals surface area contributed by atoms with Crippen molar-refractivity contribution in [2.24, 2.45) is 0 Å². The summed E-state index contributed by atoms with van der Waals surface area (Å²) in [5.74, 6) is 1.07. The van der Waals surface area contributed by atoms with E-state index in [1.165, 1.54) is 19.3 Å². The molecule has 1 fully saturated rings. The average molecular weight is 481 g/mol. The first-order valence-electron chi connectivity index (χ1n) is 12.9. The SMILES string of the molecule is C=C(Nc1cnc(C)c(-c2cc(CCC)nc(N3CCCCC3)c2)c1)c1ccnc(C(C)(C)C#N)c1. The molecule has 0 saturated carbocycles. The van der Waals surface area contributed by atoms with Crippen LogP contribution in [0.25, 0.3) is 16.8 Å². The Morgan fingerprint density at radius 2 is 1.92 bits per heavy atom. The van der Waals surface area contributed by atoms with Crippen LogP contribution >= 0.6 is 0 Å². The smallest absolute Gasteiger partial charge is 0.129 e. The van der Waals surface area contributed by atoms with Crippen LogP contribution in [0, 0.1) is 18.3 Å². The van der Waals surface area contributed by atoms with Gasteiger partial charge in [0, 0.05) is 47.5 Å². The Morgan fingerprint density at radius 3 is 2.64 bits per heavy atom. The molecule has 1 N–H and O–H groups in total. The second-order valence-corrected chi connectivity index (χ2v) is 10.1. The van der Waals surface area contributed by atoms with Gasteiger partial charge in [-0.1, -0.05) is 19.9 Å². The highest BCUT2D eigenvalue weighted by atomic mass is 15.2. The van der Waals surface area contributed by atoms with Crippen molar-refractivity contribution in [1.82, 2.24) is 15.0 Å². The van der Waals surface area contributed by atoms with E-state index in [0.717, 1.165) is 76.9 Å². The molecule has 0 spiro atoms. The van der Waals surface area contributed by atoms with Crippen LogP contribution in [0.3, 0.4) is 0 Å². The molecule has 36 heavy (non-hydrogen) atoms. The molecule has 186 valence electrons. The van der Waals surface area contributed by atoms with Gasteiger partial charge in [-0.25, -0.2) is 4.98 Å². The van der Waals surface area contributed by atoms with Crippen LogP contribution < -0.4 is 10.2 Å². The van der Waals surface area contributed by atoms with Crippen LogP contribution in [0.2, 0.25) is 0 Å². The number of nitrogens with zero attached hydrogens (tertiary/aromatic N) is 5. The number of nitrogens with one attached hydrogen (secondary N) is 1. The average Bonchev–Trinajstić information content (AvgIpc) is 2.90. The van der Waals surface area contributed by atoms with Crippen molar-refractivity contribution in [3.05, 3.63) is 71.9 Å². The highest BCUT2D eigenvalue weighted by molar-refractivity contribution is 5.79. The molecule has 0 aromatic carbocycles. The first-order chi connectivity index (χ1) is 17.3. The number of aromatic nitrogens is 3. The summed E-state index contributed by atoms with van der Waals surface area (Å²) in [6.45, 7) is 14.4. The zero-order valence-corrected chi connectivity index (χ0v) is 21.9. The predicted octanol–water partition coefficient (Wildman–Crippen LogP) is 6.67. The maximum atomic E-state index is 9.49. The molecule has 0 amide bonds. The summed E-state index contributed by atoms with van der Waals surface area (Å²) < 4.78 is 0. The minimum absolute atomic E-state index is 0.668. The van der Waals surface area contributed by atoms with Gasteiger partial charge in [-0.15, -0.1) is 0 Å². The molecule has 1 aliphatic heterocycles. The molecule has 0 bridgehead atoms. The number of nitriles is 1. The minimum atomic E-state index is -0.668. The summed E-state index contributed by atoms with van der Waals surface area (Å²) in [5, 5.41) is 12.9. The highest BCUT2D eigenvalue weighted by Gasteiger charge is 2.22. The maximum Gasteiger partial charge on any atom is 0.129 e. The number of anilines is 2. The largest absolute Gasteiger partial charge is 0.357 e. The Balaban J connectivity index is 1.64. The third-order valence-electron chi connectivity index (χ3n) is 6.77.